The topological polar surface area (TPSA) is 139 Å². The Morgan fingerprint density at radius 2 is 2.22 bits per heavy atom. The molecule has 0 spiro atoms. The highest BCUT2D eigenvalue weighted by atomic mass is 35.5. The molecule has 0 atom stereocenters. The summed E-state index contributed by atoms with van der Waals surface area (Å²) in [6, 6.07) is 0. The first-order chi connectivity index (χ1) is 17.2. The second kappa shape index (κ2) is 8.91. The van der Waals surface area contributed by atoms with E-state index in [0.717, 1.165) is 6.21 Å². The molecule has 3 aromatic heterocycles. The number of nitrogens with zero attached hydrogens (tertiary/aromatic N) is 6. The number of aromatic nitrogens is 5. The Hall–Kier alpha value is -3.97. The van der Waals surface area contributed by atoms with Crippen LogP contribution in [0.15, 0.2) is 34.7 Å². The van der Waals surface area contributed by atoms with E-state index >= 15 is 4.39 Å². The van der Waals surface area contributed by atoms with Crippen molar-refractivity contribution in [3.63, 3.8) is 0 Å². The van der Waals surface area contributed by atoms with Crippen molar-refractivity contribution < 1.29 is 13.9 Å². The number of nitrogens with one attached hydrogen (secondary N) is 4. The molecule has 0 radical (unpaired) electrons. The lowest BCUT2D eigenvalue weighted by Gasteiger charge is -2.30. The number of hydrogen-bond donors (Lipinski definition) is 4. The van der Waals surface area contributed by atoms with Gasteiger partial charge in [0, 0.05) is 20.3 Å². The Kier molecular flexibility index (Phi) is 5.88. The SMILES string of the molecule is CNC1=CN/C(=C(\C=N)Oc2cnc3nc(Nc4nn5c(c4F)COC(C)(C)C5)n(C)c3c2Cl)C=N1. The number of ether oxygens (including phenoxy) is 2. The number of allylic oxidation sites excluding steroid dienone is 2. The molecule has 2 aliphatic heterocycles. The average molecular weight is 515 g/mol. The summed E-state index contributed by atoms with van der Waals surface area (Å²) in [4.78, 5) is 13.0. The van der Waals surface area contributed by atoms with Crippen molar-refractivity contribution in [2.24, 2.45) is 12.0 Å². The van der Waals surface area contributed by atoms with Gasteiger partial charge < -0.3 is 35.4 Å². The molecule has 0 saturated heterocycles. The second-order valence-corrected chi connectivity index (χ2v) is 9.13. The minimum Gasteiger partial charge on any atom is -0.450 e. The summed E-state index contributed by atoms with van der Waals surface area (Å²) in [6.45, 7) is 4.40. The zero-order valence-corrected chi connectivity index (χ0v) is 20.7. The molecule has 36 heavy (non-hydrogen) atoms. The summed E-state index contributed by atoms with van der Waals surface area (Å²) in [7, 11) is 3.46. The predicted molar refractivity (Wildman–Crippen MR) is 133 cm³/mol. The monoisotopic (exact) mass is 514 g/mol. The number of aliphatic imine (C=N–C) groups is 1. The molecule has 0 bridgehead atoms. The Bertz CT molecular complexity index is 1470. The molecule has 14 heteroatoms. The van der Waals surface area contributed by atoms with Crippen molar-refractivity contribution in [2.75, 3.05) is 12.4 Å². The van der Waals surface area contributed by atoms with Crippen LogP contribution in [-0.4, -0.2) is 49.4 Å². The predicted octanol–water partition coefficient (Wildman–Crippen LogP) is 2.94. The van der Waals surface area contributed by atoms with Gasteiger partial charge >= 0.3 is 0 Å². The lowest BCUT2D eigenvalue weighted by atomic mass is 10.1. The maximum atomic E-state index is 15.0. The maximum absolute atomic E-state index is 15.0. The number of aryl methyl sites for hydroxylation is 1. The van der Waals surface area contributed by atoms with E-state index in [4.69, 9.17) is 26.5 Å². The fourth-order valence-corrected chi connectivity index (χ4v) is 4.10. The van der Waals surface area contributed by atoms with Gasteiger partial charge in [-0.2, -0.15) is 10.1 Å². The van der Waals surface area contributed by atoms with Gasteiger partial charge in [0.15, 0.2) is 28.8 Å². The van der Waals surface area contributed by atoms with Crippen LogP contribution in [0, 0.1) is 11.2 Å². The quantitative estimate of drug-likeness (QED) is 0.291. The molecule has 0 amide bonds. The van der Waals surface area contributed by atoms with Gasteiger partial charge in [0.1, 0.15) is 27.8 Å². The Morgan fingerprint density at radius 3 is 2.92 bits per heavy atom. The maximum Gasteiger partial charge on any atom is 0.211 e. The smallest absolute Gasteiger partial charge is 0.211 e. The third kappa shape index (κ3) is 4.16. The largest absolute Gasteiger partial charge is 0.450 e. The van der Waals surface area contributed by atoms with E-state index in [1.165, 1.54) is 12.4 Å². The Labute approximate surface area is 210 Å². The highest BCUT2D eigenvalue weighted by molar-refractivity contribution is 6.36. The van der Waals surface area contributed by atoms with E-state index in [2.05, 4.69) is 36.0 Å². The lowest BCUT2D eigenvalue weighted by molar-refractivity contribution is -0.0673. The van der Waals surface area contributed by atoms with Gasteiger partial charge in [0.2, 0.25) is 5.95 Å². The van der Waals surface area contributed by atoms with Crippen LogP contribution in [0.25, 0.3) is 11.2 Å². The van der Waals surface area contributed by atoms with E-state index in [1.807, 2.05) is 13.8 Å². The number of hydrogen-bond acceptors (Lipinski definition) is 10. The van der Waals surface area contributed by atoms with Gasteiger partial charge in [-0.05, 0) is 13.8 Å². The van der Waals surface area contributed by atoms with E-state index in [-0.39, 0.29) is 29.0 Å². The van der Waals surface area contributed by atoms with E-state index in [0.29, 0.717) is 40.9 Å². The average Bonchev–Trinajstić information content (AvgIpc) is 3.34. The van der Waals surface area contributed by atoms with Crippen LogP contribution in [0.3, 0.4) is 0 Å². The molecular weight excluding hydrogens is 491 g/mol. The molecule has 0 fully saturated rings. The fraction of sp³-hybridized carbons (Fsp3) is 0.318. The van der Waals surface area contributed by atoms with Crippen LogP contribution < -0.4 is 20.7 Å². The summed E-state index contributed by atoms with van der Waals surface area (Å²) < 4.78 is 29.8. The van der Waals surface area contributed by atoms with E-state index < -0.39 is 11.4 Å². The Morgan fingerprint density at radius 1 is 1.42 bits per heavy atom. The van der Waals surface area contributed by atoms with Crippen LogP contribution in [0.2, 0.25) is 5.02 Å². The lowest BCUT2D eigenvalue weighted by Crippen LogP contribution is -2.36. The zero-order valence-electron chi connectivity index (χ0n) is 20.0. The minimum absolute atomic E-state index is 0.0322. The first-order valence-corrected chi connectivity index (χ1v) is 11.4. The van der Waals surface area contributed by atoms with Crippen molar-refractivity contribution >= 4 is 47.0 Å². The fourth-order valence-electron chi connectivity index (χ4n) is 3.80. The van der Waals surface area contributed by atoms with Crippen LogP contribution in [0.5, 0.6) is 5.75 Å². The molecule has 3 aromatic rings. The highest BCUT2D eigenvalue weighted by Crippen LogP contribution is 2.35. The van der Waals surface area contributed by atoms with Crippen LogP contribution in [0.4, 0.5) is 16.2 Å². The summed E-state index contributed by atoms with van der Waals surface area (Å²) in [6.07, 6.45) is 5.63. The minimum atomic E-state index is -0.500. The molecule has 5 rings (SSSR count). The van der Waals surface area contributed by atoms with E-state index in [1.54, 1.807) is 29.5 Å². The van der Waals surface area contributed by atoms with Crippen molar-refractivity contribution in [3.8, 4) is 5.75 Å². The molecule has 12 nitrogen and oxygen atoms in total. The van der Waals surface area contributed by atoms with E-state index in [9.17, 15) is 0 Å². The normalized spacial score (nSPS) is 17.8. The van der Waals surface area contributed by atoms with Crippen molar-refractivity contribution in [2.45, 2.75) is 32.6 Å². The number of imidazole rings is 1. The van der Waals surface area contributed by atoms with Crippen LogP contribution in [0.1, 0.15) is 19.5 Å². The highest BCUT2D eigenvalue weighted by Gasteiger charge is 2.31. The summed E-state index contributed by atoms with van der Waals surface area (Å²) >= 11 is 6.66. The van der Waals surface area contributed by atoms with Crippen molar-refractivity contribution in [3.05, 3.63) is 46.2 Å². The standard InChI is InChI=1S/C22H24ClFN10O2/c1-22(2)10-34-12(9-35-22)17(24)19(32-34)30-21-31-20-18(33(21)4)16(23)14(7-29-20)36-13(5-25)11-6-28-15(26-3)8-27-11/h5-8,25-27H,9-10H2,1-4H3,(H,29,30,31,32)/b13-11+,25-5?. The molecule has 0 aromatic carbocycles. The Balaban J connectivity index is 1.45. The molecule has 5 heterocycles. The first kappa shape index (κ1) is 23.8. The van der Waals surface area contributed by atoms with Gasteiger partial charge in [-0.15, -0.1) is 0 Å². The number of pyridine rings is 1. The number of rotatable bonds is 6. The van der Waals surface area contributed by atoms with Gasteiger partial charge in [-0.25, -0.2) is 14.4 Å². The van der Waals surface area contributed by atoms with Crippen LogP contribution in [-0.2, 0) is 24.9 Å². The van der Waals surface area contributed by atoms with Crippen LogP contribution >= 0.6 is 11.6 Å². The molecular formula is C22H24ClFN10O2. The molecule has 188 valence electrons. The molecule has 0 saturated carbocycles. The van der Waals surface area contributed by atoms with Crippen molar-refractivity contribution in [1.82, 2.24) is 34.9 Å². The zero-order chi connectivity index (χ0) is 25.6. The molecule has 4 N–H and O–H groups in total. The first-order valence-electron chi connectivity index (χ1n) is 11.0. The molecule has 0 aliphatic carbocycles. The molecule has 0 unspecified atom stereocenters. The van der Waals surface area contributed by atoms with Gasteiger partial charge in [-0.3, -0.25) is 4.68 Å². The molecule has 2 aliphatic rings. The van der Waals surface area contributed by atoms with Gasteiger partial charge in [0.25, 0.3) is 0 Å². The van der Waals surface area contributed by atoms with Crippen molar-refractivity contribution in [1.29, 1.82) is 5.41 Å². The summed E-state index contributed by atoms with van der Waals surface area (Å²) in [5.41, 5.74) is 1.19. The number of fused-ring (bicyclic) bond motifs is 2. The third-order valence-corrected chi connectivity index (χ3v) is 6.09. The second-order valence-electron chi connectivity index (χ2n) is 8.75. The number of anilines is 2. The number of halogens is 2. The third-order valence-electron chi connectivity index (χ3n) is 5.73. The summed E-state index contributed by atoms with van der Waals surface area (Å²) in [5.74, 6) is 0.855. The summed E-state index contributed by atoms with van der Waals surface area (Å²) in [5, 5.41) is 21.2. The van der Waals surface area contributed by atoms with Gasteiger partial charge in [-0.1, -0.05) is 11.6 Å². The van der Waals surface area contributed by atoms with Gasteiger partial charge in [0.05, 0.1) is 37.4 Å².